The third-order valence-corrected chi connectivity index (χ3v) is 3.63. The molecule has 2 rings (SSSR count). The number of aromatic nitrogens is 1. The van der Waals surface area contributed by atoms with Gasteiger partial charge < -0.3 is 10.2 Å². The van der Waals surface area contributed by atoms with Crippen LogP contribution in [-0.2, 0) is 13.1 Å². The molecule has 4 nitrogen and oxygen atoms in total. The SMILES string of the molecule is CCN(C)Cc1cccc(CNC(=O)c2cc(Cl)ccn2)c1. The Labute approximate surface area is 136 Å². The van der Waals surface area contributed by atoms with E-state index in [0.29, 0.717) is 17.3 Å². The average molecular weight is 318 g/mol. The van der Waals surface area contributed by atoms with Gasteiger partial charge in [-0.05, 0) is 36.9 Å². The second-order valence-electron chi connectivity index (χ2n) is 5.19. The van der Waals surface area contributed by atoms with Crippen LogP contribution in [0.4, 0.5) is 0 Å². The van der Waals surface area contributed by atoms with Crippen LogP contribution in [0, 0.1) is 0 Å². The third kappa shape index (κ3) is 4.83. The molecule has 0 unspecified atom stereocenters. The van der Waals surface area contributed by atoms with Crippen molar-refractivity contribution >= 4 is 17.5 Å². The molecule has 0 bridgehead atoms. The summed E-state index contributed by atoms with van der Waals surface area (Å²) in [5.74, 6) is -0.224. The van der Waals surface area contributed by atoms with Crippen molar-refractivity contribution in [2.24, 2.45) is 0 Å². The van der Waals surface area contributed by atoms with Gasteiger partial charge in [-0.25, -0.2) is 0 Å². The fraction of sp³-hybridized carbons (Fsp3) is 0.294. The third-order valence-electron chi connectivity index (χ3n) is 3.39. The molecule has 1 N–H and O–H groups in total. The first-order chi connectivity index (χ1) is 10.6. The molecular formula is C17H20ClN3O. The largest absolute Gasteiger partial charge is 0.347 e. The molecule has 1 heterocycles. The molecule has 0 saturated carbocycles. The first kappa shape index (κ1) is 16.5. The van der Waals surface area contributed by atoms with E-state index in [0.717, 1.165) is 18.7 Å². The zero-order valence-corrected chi connectivity index (χ0v) is 13.6. The van der Waals surface area contributed by atoms with Crippen molar-refractivity contribution in [1.29, 1.82) is 0 Å². The van der Waals surface area contributed by atoms with Crippen LogP contribution in [0.3, 0.4) is 0 Å². The molecule has 1 aromatic heterocycles. The van der Waals surface area contributed by atoms with E-state index in [1.54, 1.807) is 12.1 Å². The van der Waals surface area contributed by atoms with Crippen molar-refractivity contribution in [2.75, 3.05) is 13.6 Å². The molecule has 0 atom stereocenters. The lowest BCUT2D eigenvalue weighted by atomic mass is 10.1. The summed E-state index contributed by atoms with van der Waals surface area (Å²) < 4.78 is 0. The van der Waals surface area contributed by atoms with Gasteiger partial charge in [0.05, 0.1) is 0 Å². The molecule has 5 heteroatoms. The molecule has 0 aliphatic carbocycles. The normalized spacial score (nSPS) is 10.7. The number of rotatable bonds is 6. The van der Waals surface area contributed by atoms with E-state index in [1.165, 1.54) is 11.8 Å². The first-order valence-corrected chi connectivity index (χ1v) is 7.62. The minimum atomic E-state index is -0.224. The molecule has 0 saturated heterocycles. The quantitative estimate of drug-likeness (QED) is 0.890. The molecule has 1 aromatic carbocycles. The van der Waals surface area contributed by atoms with Crippen LogP contribution >= 0.6 is 11.6 Å². The average Bonchev–Trinajstić information content (AvgIpc) is 2.53. The van der Waals surface area contributed by atoms with Crippen LogP contribution in [-0.4, -0.2) is 29.4 Å². The topological polar surface area (TPSA) is 45.2 Å². The predicted molar refractivity (Wildman–Crippen MR) is 88.9 cm³/mol. The van der Waals surface area contributed by atoms with E-state index < -0.39 is 0 Å². The molecule has 0 radical (unpaired) electrons. The number of carbonyl (C=O) groups is 1. The fourth-order valence-electron chi connectivity index (χ4n) is 2.06. The van der Waals surface area contributed by atoms with Crippen LogP contribution in [0.2, 0.25) is 5.02 Å². The van der Waals surface area contributed by atoms with Gasteiger partial charge in [-0.3, -0.25) is 9.78 Å². The lowest BCUT2D eigenvalue weighted by Gasteiger charge is -2.14. The maximum absolute atomic E-state index is 12.0. The van der Waals surface area contributed by atoms with E-state index in [2.05, 4.69) is 41.3 Å². The van der Waals surface area contributed by atoms with Crippen LogP contribution in [0.1, 0.15) is 28.5 Å². The molecule has 0 aliphatic rings. The predicted octanol–water partition coefficient (Wildman–Crippen LogP) is 3.12. The second-order valence-corrected chi connectivity index (χ2v) is 5.63. The van der Waals surface area contributed by atoms with Gasteiger partial charge in [0, 0.05) is 24.3 Å². The van der Waals surface area contributed by atoms with E-state index in [-0.39, 0.29) is 5.91 Å². The highest BCUT2D eigenvalue weighted by molar-refractivity contribution is 6.30. The lowest BCUT2D eigenvalue weighted by molar-refractivity contribution is 0.0946. The van der Waals surface area contributed by atoms with Crippen molar-refractivity contribution in [3.63, 3.8) is 0 Å². The zero-order chi connectivity index (χ0) is 15.9. The van der Waals surface area contributed by atoms with E-state index >= 15 is 0 Å². The van der Waals surface area contributed by atoms with Crippen molar-refractivity contribution in [3.8, 4) is 0 Å². The van der Waals surface area contributed by atoms with Gasteiger partial charge in [-0.2, -0.15) is 0 Å². The number of benzene rings is 1. The fourth-order valence-corrected chi connectivity index (χ4v) is 2.22. The van der Waals surface area contributed by atoms with Gasteiger partial charge in [-0.1, -0.05) is 42.8 Å². The molecule has 0 aliphatic heterocycles. The van der Waals surface area contributed by atoms with Crippen molar-refractivity contribution in [2.45, 2.75) is 20.0 Å². The number of hydrogen-bond donors (Lipinski definition) is 1. The summed E-state index contributed by atoms with van der Waals surface area (Å²) in [6.07, 6.45) is 1.53. The minimum Gasteiger partial charge on any atom is -0.347 e. The van der Waals surface area contributed by atoms with Crippen molar-refractivity contribution in [1.82, 2.24) is 15.2 Å². The van der Waals surface area contributed by atoms with Crippen LogP contribution in [0.5, 0.6) is 0 Å². The monoisotopic (exact) mass is 317 g/mol. The molecule has 0 fully saturated rings. The molecule has 0 spiro atoms. The number of pyridine rings is 1. The van der Waals surface area contributed by atoms with Gasteiger partial charge in [0.15, 0.2) is 0 Å². The Morgan fingerprint density at radius 3 is 2.77 bits per heavy atom. The number of nitrogens with one attached hydrogen (secondary N) is 1. The van der Waals surface area contributed by atoms with Gasteiger partial charge >= 0.3 is 0 Å². The smallest absolute Gasteiger partial charge is 0.270 e. The first-order valence-electron chi connectivity index (χ1n) is 7.24. The maximum Gasteiger partial charge on any atom is 0.270 e. The molecule has 116 valence electrons. The van der Waals surface area contributed by atoms with Crippen LogP contribution in [0.15, 0.2) is 42.6 Å². The van der Waals surface area contributed by atoms with Gasteiger partial charge in [0.2, 0.25) is 0 Å². The Balaban J connectivity index is 1.96. The summed E-state index contributed by atoms with van der Waals surface area (Å²) in [5, 5.41) is 3.37. The molecular weight excluding hydrogens is 298 g/mol. The summed E-state index contributed by atoms with van der Waals surface area (Å²) in [6, 6.07) is 11.4. The highest BCUT2D eigenvalue weighted by Crippen LogP contribution is 2.10. The van der Waals surface area contributed by atoms with E-state index in [1.807, 2.05) is 12.1 Å². The van der Waals surface area contributed by atoms with Gasteiger partial charge in [0.25, 0.3) is 5.91 Å². The minimum absolute atomic E-state index is 0.224. The number of halogens is 1. The Morgan fingerprint density at radius 1 is 1.27 bits per heavy atom. The summed E-state index contributed by atoms with van der Waals surface area (Å²) in [7, 11) is 2.08. The standard InChI is InChI=1S/C17H20ClN3O/c1-3-21(2)12-14-6-4-5-13(9-14)11-20-17(22)16-10-15(18)7-8-19-16/h4-10H,3,11-12H2,1-2H3,(H,20,22). The molecule has 2 aromatic rings. The Hall–Kier alpha value is -1.91. The number of hydrogen-bond acceptors (Lipinski definition) is 3. The number of amides is 1. The maximum atomic E-state index is 12.0. The second kappa shape index (κ2) is 7.92. The summed E-state index contributed by atoms with van der Waals surface area (Å²) >= 11 is 5.86. The number of carbonyl (C=O) groups excluding carboxylic acids is 1. The van der Waals surface area contributed by atoms with Crippen molar-refractivity contribution in [3.05, 3.63) is 64.4 Å². The van der Waals surface area contributed by atoms with Crippen LogP contribution in [0.25, 0.3) is 0 Å². The Morgan fingerprint density at radius 2 is 2.05 bits per heavy atom. The lowest BCUT2D eigenvalue weighted by Crippen LogP contribution is -2.24. The molecule has 22 heavy (non-hydrogen) atoms. The van der Waals surface area contributed by atoms with Crippen LogP contribution < -0.4 is 5.32 Å². The zero-order valence-electron chi connectivity index (χ0n) is 12.8. The summed E-state index contributed by atoms with van der Waals surface area (Å²) in [5.41, 5.74) is 2.63. The van der Waals surface area contributed by atoms with Crippen molar-refractivity contribution < 1.29 is 4.79 Å². The van der Waals surface area contributed by atoms with E-state index in [4.69, 9.17) is 11.6 Å². The summed E-state index contributed by atoms with van der Waals surface area (Å²) in [4.78, 5) is 18.3. The highest BCUT2D eigenvalue weighted by atomic mass is 35.5. The molecule has 1 amide bonds. The Bertz CT molecular complexity index is 645. The highest BCUT2D eigenvalue weighted by Gasteiger charge is 2.07. The summed E-state index contributed by atoms with van der Waals surface area (Å²) in [6.45, 7) is 4.49. The van der Waals surface area contributed by atoms with E-state index in [9.17, 15) is 4.79 Å². The van der Waals surface area contributed by atoms with Gasteiger partial charge in [-0.15, -0.1) is 0 Å². The van der Waals surface area contributed by atoms with Gasteiger partial charge in [0.1, 0.15) is 5.69 Å². The number of nitrogens with zero attached hydrogens (tertiary/aromatic N) is 2. The Kier molecular flexibility index (Phi) is 5.92.